The Kier molecular flexibility index (Phi) is 4.81. The molecule has 1 aromatic carbocycles. The lowest BCUT2D eigenvalue weighted by molar-refractivity contribution is -0.137. The number of rotatable bonds is 3. The summed E-state index contributed by atoms with van der Waals surface area (Å²) in [6.45, 7) is 5.41. The van der Waals surface area contributed by atoms with Crippen LogP contribution in [0, 0.1) is 11.8 Å². The standard InChI is InChI=1S/C18H20ClNO4/c1-11-5-12(2)9-20(8-11)17(21)10-23-18(22)16-7-13-6-14(19)3-4-15(13)24-16/h3-4,6-7,11-12H,5,8-10H2,1-2H3/t11-,12+. The van der Waals surface area contributed by atoms with Gasteiger partial charge in [0.25, 0.3) is 5.91 Å². The molecule has 1 aliphatic rings. The molecular formula is C18H20ClNO4. The van der Waals surface area contributed by atoms with E-state index in [9.17, 15) is 9.59 Å². The second-order valence-electron chi connectivity index (χ2n) is 6.61. The zero-order valence-corrected chi connectivity index (χ0v) is 14.5. The first-order chi connectivity index (χ1) is 11.4. The van der Waals surface area contributed by atoms with E-state index in [0.29, 0.717) is 35.5 Å². The van der Waals surface area contributed by atoms with Gasteiger partial charge in [0.05, 0.1) is 0 Å². The summed E-state index contributed by atoms with van der Waals surface area (Å²) in [5.74, 6) is 0.192. The molecule has 128 valence electrons. The molecule has 1 aromatic heterocycles. The van der Waals surface area contributed by atoms with E-state index in [1.54, 1.807) is 29.2 Å². The van der Waals surface area contributed by atoms with Crippen molar-refractivity contribution in [3.8, 4) is 0 Å². The number of halogens is 1. The first kappa shape index (κ1) is 16.8. The number of nitrogens with zero attached hydrogens (tertiary/aromatic N) is 1. The maximum atomic E-state index is 12.2. The first-order valence-corrected chi connectivity index (χ1v) is 8.44. The van der Waals surface area contributed by atoms with Gasteiger partial charge in [0.2, 0.25) is 5.76 Å². The predicted molar refractivity (Wildman–Crippen MR) is 91.0 cm³/mol. The Morgan fingerprint density at radius 3 is 2.67 bits per heavy atom. The number of furan rings is 1. The number of benzene rings is 1. The molecule has 2 heterocycles. The van der Waals surface area contributed by atoms with Crippen LogP contribution in [0.25, 0.3) is 11.0 Å². The number of likely N-dealkylation sites (tertiary alicyclic amines) is 1. The molecule has 0 radical (unpaired) electrons. The summed E-state index contributed by atoms with van der Waals surface area (Å²) in [5.41, 5.74) is 0.552. The second-order valence-corrected chi connectivity index (χ2v) is 7.05. The van der Waals surface area contributed by atoms with Crippen LogP contribution in [0.2, 0.25) is 5.02 Å². The third-order valence-corrected chi connectivity index (χ3v) is 4.46. The summed E-state index contributed by atoms with van der Waals surface area (Å²) >= 11 is 5.91. The quantitative estimate of drug-likeness (QED) is 0.792. The largest absolute Gasteiger partial charge is 0.450 e. The lowest BCUT2D eigenvalue weighted by Crippen LogP contribution is -2.44. The van der Waals surface area contributed by atoms with Crippen LogP contribution in [-0.2, 0) is 9.53 Å². The topological polar surface area (TPSA) is 59.8 Å². The van der Waals surface area contributed by atoms with Gasteiger partial charge in [-0.25, -0.2) is 4.79 Å². The summed E-state index contributed by atoms with van der Waals surface area (Å²) < 4.78 is 10.6. The summed E-state index contributed by atoms with van der Waals surface area (Å²) in [5, 5.41) is 1.28. The van der Waals surface area contributed by atoms with Crippen molar-refractivity contribution in [1.82, 2.24) is 4.90 Å². The fraction of sp³-hybridized carbons (Fsp3) is 0.444. The van der Waals surface area contributed by atoms with Crippen molar-refractivity contribution in [2.24, 2.45) is 11.8 Å². The van der Waals surface area contributed by atoms with E-state index < -0.39 is 5.97 Å². The van der Waals surface area contributed by atoms with Gasteiger partial charge in [-0.15, -0.1) is 0 Å². The number of carbonyl (C=O) groups is 2. The summed E-state index contributed by atoms with van der Waals surface area (Å²) in [7, 11) is 0. The minimum Gasteiger partial charge on any atom is -0.450 e. The third kappa shape index (κ3) is 3.73. The van der Waals surface area contributed by atoms with Crippen molar-refractivity contribution in [2.45, 2.75) is 20.3 Å². The van der Waals surface area contributed by atoms with Crippen molar-refractivity contribution >= 4 is 34.4 Å². The normalized spacial score (nSPS) is 21.0. The highest BCUT2D eigenvalue weighted by molar-refractivity contribution is 6.31. The Bertz CT molecular complexity index is 759. The van der Waals surface area contributed by atoms with Gasteiger partial charge < -0.3 is 14.1 Å². The van der Waals surface area contributed by atoms with Gasteiger partial charge in [0.15, 0.2) is 6.61 Å². The van der Waals surface area contributed by atoms with E-state index in [4.69, 9.17) is 20.8 Å². The molecule has 0 unspecified atom stereocenters. The molecule has 1 fully saturated rings. The first-order valence-electron chi connectivity index (χ1n) is 8.06. The lowest BCUT2D eigenvalue weighted by Gasteiger charge is -2.34. The number of fused-ring (bicyclic) bond motifs is 1. The van der Waals surface area contributed by atoms with Gasteiger partial charge in [0, 0.05) is 23.5 Å². The molecule has 0 saturated carbocycles. The molecule has 3 rings (SSSR count). The SMILES string of the molecule is C[C@@H]1C[C@H](C)CN(C(=O)COC(=O)c2cc3cc(Cl)ccc3o2)C1. The van der Waals surface area contributed by atoms with Crippen LogP contribution in [0.3, 0.4) is 0 Å². The van der Waals surface area contributed by atoms with Crippen molar-refractivity contribution in [1.29, 1.82) is 0 Å². The number of carbonyl (C=O) groups excluding carboxylic acids is 2. The van der Waals surface area contributed by atoms with Gasteiger partial charge in [-0.1, -0.05) is 25.4 Å². The summed E-state index contributed by atoms with van der Waals surface area (Å²) in [4.78, 5) is 26.1. The Labute approximate surface area is 145 Å². The Balaban J connectivity index is 1.60. The molecule has 0 N–H and O–H groups in total. The number of esters is 1. The highest BCUT2D eigenvalue weighted by Gasteiger charge is 2.26. The van der Waals surface area contributed by atoms with Crippen LogP contribution < -0.4 is 0 Å². The van der Waals surface area contributed by atoms with Crippen molar-refractivity contribution < 1.29 is 18.7 Å². The monoisotopic (exact) mass is 349 g/mol. The van der Waals surface area contributed by atoms with E-state index in [1.165, 1.54) is 0 Å². The smallest absolute Gasteiger partial charge is 0.374 e. The van der Waals surface area contributed by atoms with Crippen LogP contribution in [0.4, 0.5) is 0 Å². The zero-order valence-electron chi connectivity index (χ0n) is 13.8. The van der Waals surface area contributed by atoms with Crippen LogP contribution in [0.1, 0.15) is 30.8 Å². The minimum atomic E-state index is -0.645. The van der Waals surface area contributed by atoms with Gasteiger partial charge in [-0.3, -0.25) is 4.79 Å². The number of hydrogen-bond acceptors (Lipinski definition) is 4. The highest BCUT2D eigenvalue weighted by Crippen LogP contribution is 2.24. The molecule has 2 atom stereocenters. The van der Waals surface area contributed by atoms with E-state index in [-0.39, 0.29) is 18.3 Å². The van der Waals surface area contributed by atoms with Crippen molar-refractivity contribution in [3.63, 3.8) is 0 Å². The molecule has 5 nitrogen and oxygen atoms in total. The maximum Gasteiger partial charge on any atom is 0.374 e. The molecule has 0 aliphatic carbocycles. The maximum absolute atomic E-state index is 12.2. The molecule has 24 heavy (non-hydrogen) atoms. The fourth-order valence-corrected chi connectivity index (χ4v) is 3.45. The molecule has 0 bridgehead atoms. The van der Waals surface area contributed by atoms with Crippen molar-refractivity contribution in [3.05, 3.63) is 35.0 Å². The molecular weight excluding hydrogens is 330 g/mol. The van der Waals surface area contributed by atoms with E-state index >= 15 is 0 Å². The Morgan fingerprint density at radius 2 is 1.96 bits per heavy atom. The number of amides is 1. The summed E-state index contributed by atoms with van der Waals surface area (Å²) in [6.07, 6.45) is 1.12. The van der Waals surface area contributed by atoms with Crippen LogP contribution in [-0.4, -0.2) is 36.5 Å². The van der Waals surface area contributed by atoms with Gasteiger partial charge in [-0.05, 0) is 42.5 Å². The van der Waals surface area contributed by atoms with Crippen LogP contribution in [0.5, 0.6) is 0 Å². The highest BCUT2D eigenvalue weighted by atomic mass is 35.5. The van der Waals surface area contributed by atoms with Crippen LogP contribution >= 0.6 is 11.6 Å². The van der Waals surface area contributed by atoms with E-state index in [1.807, 2.05) is 0 Å². The summed E-state index contributed by atoms with van der Waals surface area (Å²) in [6, 6.07) is 6.65. The minimum absolute atomic E-state index is 0.0699. The van der Waals surface area contributed by atoms with Gasteiger partial charge >= 0.3 is 5.97 Å². The Hall–Kier alpha value is -2.01. The molecule has 1 amide bonds. The zero-order chi connectivity index (χ0) is 17.3. The van der Waals surface area contributed by atoms with Gasteiger partial charge in [-0.2, -0.15) is 0 Å². The number of ether oxygens (including phenoxy) is 1. The third-order valence-electron chi connectivity index (χ3n) is 4.23. The second kappa shape index (κ2) is 6.85. The predicted octanol–water partition coefficient (Wildman–Crippen LogP) is 3.75. The van der Waals surface area contributed by atoms with Crippen molar-refractivity contribution in [2.75, 3.05) is 19.7 Å². The molecule has 1 aliphatic heterocycles. The number of piperidine rings is 1. The van der Waals surface area contributed by atoms with Crippen LogP contribution in [0.15, 0.2) is 28.7 Å². The number of hydrogen-bond donors (Lipinski definition) is 0. The fourth-order valence-electron chi connectivity index (χ4n) is 3.27. The lowest BCUT2D eigenvalue weighted by atomic mass is 9.92. The van der Waals surface area contributed by atoms with E-state index in [0.717, 1.165) is 11.8 Å². The average Bonchev–Trinajstić information content (AvgIpc) is 2.94. The molecule has 1 saturated heterocycles. The molecule has 2 aromatic rings. The molecule has 6 heteroatoms. The van der Waals surface area contributed by atoms with E-state index in [2.05, 4.69) is 13.8 Å². The Morgan fingerprint density at radius 1 is 1.25 bits per heavy atom. The molecule has 0 spiro atoms. The van der Waals surface area contributed by atoms with Gasteiger partial charge in [0.1, 0.15) is 5.58 Å². The average molecular weight is 350 g/mol.